The third kappa shape index (κ3) is 5.73. The van der Waals surface area contributed by atoms with Crippen LogP contribution in [0.4, 0.5) is 5.69 Å². The molecule has 0 saturated heterocycles. The van der Waals surface area contributed by atoms with E-state index in [2.05, 4.69) is 102 Å². The van der Waals surface area contributed by atoms with Gasteiger partial charge in [-0.15, -0.1) is 0 Å². The predicted molar refractivity (Wildman–Crippen MR) is 152 cm³/mol. The Labute approximate surface area is 218 Å². The number of aliphatic imine (C=N–C) groups is 1. The molecule has 0 saturated carbocycles. The summed E-state index contributed by atoms with van der Waals surface area (Å²) in [6.45, 7) is 0. The third-order valence-corrected chi connectivity index (χ3v) is 6.40. The fourth-order valence-corrected chi connectivity index (χ4v) is 4.49. The number of hydrogen-bond acceptors (Lipinski definition) is 2. The molecule has 0 spiro atoms. The molecule has 2 atom stereocenters. The summed E-state index contributed by atoms with van der Waals surface area (Å²) in [5.41, 5.74) is 6.40. The first-order valence-corrected chi connectivity index (χ1v) is 12.5. The van der Waals surface area contributed by atoms with Gasteiger partial charge in [-0.25, -0.2) is 0 Å². The van der Waals surface area contributed by atoms with E-state index in [4.69, 9.17) is 16.6 Å². The summed E-state index contributed by atoms with van der Waals surface area (Å²) in [6, 6.07) is 49.3. The Morgan fingerprint density at radius 3 is 1.53 bits per heavy atom. The van der Waals surface area contributed by atoms with Crippen LogP contribution in [-0.2, 0) is 0 Å². The predicted octanol–water partition coefficient (Wildman–Crippen LogP) is 8.77. The molecule has 0 radical (unpaired) electrons. The van der Waals surface area contributed by atoms with Crippen LogP contribution < -0.4 is 5.32 Å². The van der Waals surface area contributed by atoms with Crippen molar-refractivity contribution >= 4 is 23.0 Å². The number of hydrogen-bond donors (Lipinski definition) is 1. The normalized spacial score (nSPS) is 12.4. The minimum absolute atomic E-state index is 0.130. The molecule has 0 aromatic heterocycles. The van der Waals surface area contributed by atoms with Crippen LogP contribution in [0.15, 0.2) is 151 Å². The summed E-state index contributed by atoms with van der Waals surface area (Å²) >= 11 is 6.27. The third-order valence-electron chi connectivity index (χ3n) is 6.14. The molecule has 2 nitrogen and oxygen atoms in total. The van der Waals surface area contributed by atoms with E-state index in [-0.39, 0.29) is 12.1 Å². The molecule has 3 heteroatoms. The lowest BCUT2D eigenvalue weighted by Gasteiger charge is -2.28. The second-order valence-corrected chi connectivity index (χ2v) is 9.04. The quantitative estimate of drug-likeness (QED) is 0.218. The standard InChI is InChI=1S/C33H27ClN2/c34-29-23-21-28(22-24-29)32(35-30-19-11-4-12-20-30)33(27-17-9-3-10-18-27)36-31(25-13-5-1-6-14-25)26-15-7-2-8-16-26/h1-24,32-33,35H/t32-,33+/m0/s1. The van der Waals surface area contributed by atoms with Crippen molar-refractivity contribution in [1.82, 2.24) is 0 Å². The van der Waals surface area contributed by atoms with Gasteiger partial charge in [-0.2, -0.15) is 0 Å². The molecule has 0 aliphatic carbocycles. The average molecular weight is 487 g/mol. The highest BCUT2D eigenvalue weighted by molar-refractivity contribution is 6.30. The van der Waals surface area contributed by atoms with Crippen LogP contribution in [0.3, 0.4) is 0 Å². The average Bonchev–Trinajstić information content (AvgIpc) is 2.95. The van der Waals surface area contributed by atoms with Gasteiger partial charge >= 0.3 is 0 Å². The zero-order valence-corrected chi connectivity index (χ0v) is 20.6. The Morgan fingerprint density at radius 1 is 0.528 bits per heavy atom. The molecule has 0 unspecified atom stereocenters. The second kappa shape index (κ2) is 11.5. The molecule has 5 rings (SSSR count). The Kier molecular flexibility index (Phi) is 7.55. The molecule has 0 fully saturated rings. The first-order chi connectivity index (χ1) is 17.8. The van der Waals surface area contributed by atoms with Gasteiger partial charge in [-0.3, -0.25) is 4.99 Å². The molecule has 0 bridgehead atoms. The van der Waals surface area contributed by atoms with Crippen molar-refractivity contribution in [3.63, 3.8) is 0 Å². The molecule has 176 valence electrons. The van der Waals surface area contributed by atoms with Crippen molar-refractivity contribution in [2.24, 2.45) is 4.99 Å². The number of rotatable bonds is 8. The fourth-order valence-electron chi connectivity index (χ4n) is 4.37. The molecule has 5 aromatic rings. The molecule has 36 heavy (non-hydrogen) atoms. The molecule has 1 N–H and O–H groups in total. The molecular formula is C33H27ClN2. The number of para-hydroxylation sites is 1. The Morgan fingerprint density at radius 2 is 1.00 bits per heavy atom. The van der Waals surface area contributed by atoms with Gasteiger partial charge in [-0.1, -0.05) is 133 Å². The highest BCUT2D eigenvalue weighted by Crippen LogP contribution is 2.37. The van der Waals surface area contributed by atoms with Gasteiger partial charge in [0.25, 0.3) is 0 Å². The van der Waals surface area contributed by atoms with E-state index in [1.165, 1.54) is 0 Å². The van der Waals surface area contributed by atoms with E-state index >= 15 is 0 Å². The summed E-state index contributed by atoms with van der Waals surface area (Å²) in [6.07, 6.45) is 0. The highest BCUT2D eigenvalue weighted by atomic mass is 35.5. The van der Waals surface area contributed by atoms with E-state index < -0.39 is 0 Å². The van der Waals surface area contributed by atoms with Crippen molar-refractivity contribution in [2.75, 3.05) is 5.32 Å². The maximum absolute atomic E-state index is 6.27. The number of nitrogens with one attached hydrogen (secondary N) is 1. The lowest BCUT2D eigenvalue weighted by molar-refractivity contribution is 0.613. The minimum Gasteiger partial charge on any atom is -0.376 e. The highest BCUT2D eigenvalue weighted by Gasteiger charge is 2.26. The smallest absolute Gasteiger partial charge is 0.0999 e. The van der Waals surface area contributed by atoms with Gasteiger partial charge in [0.2, 0.25) is 0 Å². The first kappa shape index (κ1) is 23.6. The fraction of sp³-hybridized carbons (Fsp3) is 0.0606. The lowest BCUT2D eigenvalue weighted by atomic mass is 9.92. The summed E-state index contributed by atoms with van der Waals surface area (Å²) in [5, 5.41) is 4.49. The molecule has 0 amide bonds. The van der Waals surface area contributed by atoms with Crippen LogP contribution in [0.25, 0.3) is 0 Å². The Hall–Kier alpha value is -4.14. The van der Waals surface area contributed by atoms with Gasteiger partial charge in [0.1, 0.15) is 0 Å². The van der Waals surface area contributed by atoms with E-state index in [1.807, 2.05) is 48.5 Å². The van der Waals surface area contributed by atoms with Crippen LogP contribution in [0.5, 0.6) is 0 Å². The lowest BCUT2D eigenvalue weighted by Crippen LogP contribution is -2.20. The van der Waals surface area contributed by atoms with Crippen LogP contribution in [0.2, 0.25) is 5.02 Å². The molecule has 0 aliphatic rings. The largest absolute Gasteiger partial charge is 0.376 e. The van der Waals surface area contributed by atoms with Crippen molar-refractivity contribution in [1.29, 1.82) is 0 Å². The Bertz CT molecular complexity index is 1340. The number of halogens is 1. The van der Waals surface area contributed by atoms with Gasteiger partial charge in [0.15, 0.2) is 0 Å². The van der Waals surface area contributed by atoms with Gasteiger partial charge in [0, 0.05) is 21.8 Å². The van der Waals surface area contributed by atoms with Crippen LogP contribution in [-0.4, -0.2) is 5.71 Å². The monoisotopic (exact) mass is 486 g/mol. The molecule has 0 heterocycles. The van der Waals surface area contributed by atoms with E-state index in [0.29, 0.717) is 5.02 Å². The summed E-state index contributed by atoms with van der Waals surface area (Å²) in [7, 11) is 0. The molecular weight excluding hydrogens is 460 g/mol. The second-order valence-electron chi connectivity index (χ2n) is 8.60. The van der Waals surface area contributed by atoms with Crippen molar-refractivity contribution in [2.45, 2.75) is 12.1 Å². The van der Waals surface area contributed by atoms with E-state index in [1.54, 1.807) is 0 Å². The zero-order chi connectivity index (χ0) is 24.6. The number of anilines is 1. The molecule has 0 aliphatic heterocycles. The van der Waals surface area contributed by atoms with Gasteiger partial charge < -0.3 is 5.32 Å². The van der Waals surface area contributed by atoms with Crippen molar-refractivity contribution < 1.29 is 0 Å². The first-order valence-electron chi connectivity index (χ1n) is 12.1. The van der Waals surface area contributed by atoms with E-state index in [9.17, 15) is 0 Å². The zero-order valence-electron chi connectivity index (χ0n) is 19.8. The summed E-state index contributed by atoms with van der Waals surface area (Å²) in [4.78, 5) is 5.50. The topological polar surface area (TPSA) is 24.4 Å². The van der Waals surface area contributed by atoms with Crippen molar-refractivity contribution in [3.8, 4) is 0 Å². The van der Waals surface area contributed by atoms with Crippen molar-refractivity contribution in [3.05, 3.63) is 173 Å². The van der Waals surface area contributed by atoms with Crippen LogP contribution >= 0.6 is 11.6 Å². The van der Waals surface area contributed by atoms with Crippen LogP contribution in [0, 0.1) is 0 Å². The number of nitrogens with zero attached hydrogens (tertiary/aromatic N) is 1. The van der Waals surface area contributed by atoms with E-state index in [0.717, 1.165) is 33.7 Å². The molecule has 5 aromatic carbocycles. The maximum atomic E-state index is 6.27. The van der Waals surface area contributed by atoms with Gasteiger partial charge in [0.05, 0.1) is 17.8 Å². The summed E-state index contributed by atoms with van der Waals surface area (Å²) in [5.74, 6) is 0. The maximum Gasteiger partial charge on any atom is 0.0999 e. The van der Waals surface area contributed by atoms with Crippen LogP contribution in [0.1, 0.15) is 34.3 Å². The minimum atomic E-state index is -0.206. The SMILES string of the molecule is Clc1ccc([C@H](Nc2ccccc2)[C@H](N=C(c2ccccc2)c2ccccc2)c2ccccc2)cc1. The summed E-state index contributed by atoms with van der Waals surface area (Å²) < 4.78 is 0. The Balaban J connectivity index is 1.70. The number of benzene rings is 5. The van der Waals surface area contributed by atoms with Gasteiger partial charge in [-0.05, 0) is 35.4 Å².